The Morgan fingerprint density at radius 2 is 2.12 bits per heavy atom. The summed E-state index contributed by atoms with van der Waals surface area (Å²) in [5.74, 6) is 0. The van der Waals surface area contributed by atoms with E-state index >= 15 is 0 Å². The first kappa shape index (κ1) is 11.7. The maximum absolute atomic E-state index is 12.4. The van der Waals surface area contributed by atoms with Crippen molar-refractivity contribution in [3.05, 3.63) is 24.0 Å². The standard InChI is InChI=1S/C11H10F3N3/c12-11(13,14)7-17(9-3-4-9)10-2-1-8(5-15)16-6-10/h1-2,6,9H,3-4,7H2. The number of rotatable bonds is 3. The Balaban J connectivity index is 2.18. The van der Waals surface area contributed by atoms with E-state index in [0.717, 1.165) is 12.8 Å². The molecule has 0 aromatic carbocycles. The van der Waals surface area contributed by atoms with Gasteiger partial charge in [0, 0.05) is 6.04 Å². The lowest BCUT2D eigenvalue weighted by atomic mass is 10.3. The Hall–Kier alpha value is -1.77. The average Bonchev–Trinajstić information content (AvgIpc) is 3.09. The molecule has 0 amide bonds. The third-order valence-electron chi connectivity index (χ3n) is 2.53. The Bertz CT molecular complexity index is 429. The van der Waals surface area contributed by atoms with Gasteiger partial charge in [-0.15, -0.1) is 0 Å². The molecule has 1 aliphatic carbocycles. The molecule has 1 aromatic heterocycles. The quantitative estimate of drug-likeness (QED) is 0.816. The van der Waals surface area contributed by atoms with E-state index < -0.39 is 12.7 Å². The minimum Gasteiger partial charge on any atom is -0.358 e. The summed E-state index contributed by atoms with van der Waals surface area (Å²) in [4.78, 5) is 5.09. The molecule has 3 nitrogen and oxygen atoms in total. The maximum atomic E-state index is 12.4. The highest BCUT2D eigenvalue weighted by atomic mass is 19.4. The Morgan fingerprint density at radius 1 is 1.41 bits per heavy atom. The fourth-order valence-electron chi connectivity index (χ4n) is 1.63. The second-order valence-electron chi connectivity index (χ2n) is 3.99. The van der Waals surface area contributed by atoms with Crippen LogP contribution < -0.4 is 4.90 Å². The highest BCUT2D eigenvalue weighted by molar-refractivity contribution is 5.48. The van der Waals surface area contributed by atoms with Crippen LogP contribution in [0.1, 0.15) is 18.5 Å². The van der Waals surface area contributed by atoms with Crippen LogP contribution in [0.4, 0.5) is 18.9 Å². The number of nitrogens with zero attached hydrogens (tertiary/aromatic N) is 3. The van der Waals surface area contributed by atoms with Crippen molar-refractivity contribution in [2.45, 2.75) is 25.1 Å². The lowest BCUT2D eigenvalue weighted by Gasteiger charge is -2.25. The smallest absolute Gasteiger partial charge is 0.358 e. The third-order valence-corrected chi connectivity index (χ3v) is 2.53. The number of nitriles is 1. The van der Waals surface area contributed by atoms with Crippen LogP contribution in [0.25, 0.3) is 0 Å². The number of alkyl halides is 3. The van der Waals surface area contributed by atoms with Crippen LogP contribution in [0.2, 0.25) is 0 Å². The first-order valence-electron chi connectivity index (χ1n) is 5.19. The van der Waals surface area contributed by atoms with E-state index in [1.165, 1.54) is 23.2 Å². The van der Waals surface area contributed by atoms with Crippen molar-refractivity contribution in [3.63, 3.8) is 0 Å². The van der Waals surface area contributed by atoms with Gasteiger partial charge in [-0.05, 0) is 25.0 Å². The summed E-state index contributed by atoms with van der Waals surface area (Å²) in [5.41, 5.74) is 0.625. The normalized spacial score (nSPS) is 15.4. The highest BCUT2D eigenvalue weighted by Crippen LogP contribution is 2.33. The predicted octanol–water partition coefficient (Wildman–Crippen LogP) is 2.48. The van der Waals surface area contributed by atoms with Crippen LogP contribution in [-0.2, 0) is 0 Å². The first-order valence-corrected chi connectivity index (χ1v) is 5.19. The summed E-state index contributed by atoms with van der Waals surface area (Å²) >= 11 is 0. The molecule has 17 heavy (non-hydrogen) atoms. The fourth-order valence-corrected chi connectivity index (χ4v) is 1.63. The molecule has 1 fully saturated rings. The molecular formula is C11H10F3N3. The van der Waals surface area contributed by atoms with Gasteiger partial charge in [-0.2, -0.15) is 18.4 Å². The Labute approximate surface area is 96.5 Å². The van der Waals surface area contributed by atoms with Crippen LogP contribution in [0.5, 0.6) is 0 Å². The van der Waals surface area contributed by atoms with Crippen LogP contribution in [0.3, 0.4) is 0 Å². The molecule has 1 heterocycles. The average molecular weight is 241 g/mol. The molecule has 1 aliphatic rings. The minimum atomic E-state index is -4.23. The van der Waals surface area contributed by atoms with Gasteiger partial charge in [0.05, 0.1) is 11.9 Å². The molecule has 0 bridgehead atoms. The summed E-state index contributed by atoms with van der Waals surface area (Å²) < 4.78 is 37.2. The van der Waals surface area contributed by atoms with E-state index in [0.29, 0.717) is 5.69 Å². The molecule has 0 radical (unpaired) electrons. The van der Waals surface area contributed by atoms with Gasteiger partial charge in [0.15, 0.2) is 0 Å². The molecule has 6 heteroatoms. The van der Waals surface area contributed by atoms with Crippen molar-refractivity contribution in [1.82, 2.24) is 4.98 Å². The van der Waals surface area contributed by atoms with E-state index in [9.17, 15) is 13.2 Å². The van der Waals surface area contributed by atoms with Gasteiger partial charge in [0.1, 0.15) is 18.3 Å². The number of halogens is 3. The molecule has 1 saturated carbocycles. The van der Waals surface area contributed by atoms with Crippen LogP contribution >= 0.6 is 0 Å². The second-order valence-corrected chi connectivity index (χ2v) is 3.99. The molecular weight excluding hydrogens is 231 g/mol. The summed E-state index contributed by atoms with van der Waals surface area (Å²) in [6.45, 7) is -0.967. The van der Waals surface area contributed by atoms with Crippen LogP contribution in [0, 0.1) is 11.3 Å². The monoisotopic (exact) mass is 241 g/mol. The molecule has 1 aromatic rings. The van der Waals surface area contributed by atoms with Crippen molar-refractivity contribution in [2.75, 3.05) is 11.4 Å². The van der Waals surface area contributed by atoms with Gasteiger partial charge >= 0.3 is 6.18 Å². The van der Waals surface area contributed by atoms with Crippen molar-refractivity contribution >= 4 is 5.69 Å². The van der Waals surface area contributed by atoms with Crippen molar-refractivity contribution in [1.29, 1.82) is 5.26 Å². The SMILES string of the molecule is N#Cc1ccc(N(CC(F)(F)F)C2CC2)cn1. The van der Waals surface area contributed by atoms with E-state index in [1.807, 2.05) is 6.07 Å². The molecule has 2 rings (SSSR count). The minimum absolute atomic E-state index is 0.0497. The summed E-state index contributed by atoms with van der Waals surface area (Å²) in [6, 6.07) is 4.73. The first-order chi connectivity index (χ1) is 7.99. The van der Waals surface area contributed by atoms with Crippen molar-refractivity contribution in [3.8, 4) is 6.07 Å². The lowest BCUT2D eigenvalue weighted by Crippen LogP contribution is -2.36. The van der Waals surface area contributed by atoms with E-state index in [2.05, 4.69) is 4.98 Å². The fraction of sp³-hybridized carbons (Fsp3) is 0.455. The molecule has 0 unspecified atom stereocenters. The third kappa shape index (κ3) is 3.09. The van der Waals surface area contributed by atoms with E-state index in [4.69, 9.17) is 5.26 Å². The number of anilines is 1. The highest BCUT2D eigenvalue weighted by Gasteiger charge is 2.38. The predicted molar refractivity (Wildman–Crippen MR) is 55.4 cm³/mol. The number of pyridine rings is 1. The topological polar surface area (TPSA) is 39.9 Å². The molecule has 0 aliphatic heterocycles. The van der Waals surface area contributed by atoms with Gasteiger partial charge in [-0.25, -0.2) is 4.98 Å². The molecule has 90 valence electrons. The number of hydrogen-bond donors (Lipinski definition) is 0. The largest absolute Gasteiger partial charge is 0.405 e. The summed E-state index contributed by atoms with van der Waals surface area (Å²) in [6.07, 6.45) is -1.36. The van der Waals surface area contributed by atoms with Crippen LogP contribution in [-0.4, -0.2) is 23.7 Å². The Kier molecular flexibility index (Phi) is 2.92. The van der Waals surface area contributed by atoms with Gasteiger partial charge in [0.2, 0.25) is 0 Å². The zero-order chi connectivity index (χ0) is 12.5. The van der Waals surface area contributed by atoms with E-state index in [-0.39, 0.29) is 11.7 Å². The maximum Gasteiger partial charge on any atom is 0.405 e. The van der Waals surface area contributed by atoms with Crippen LogP contribution in [0.15, 0.2) is 18.3 Å². The van der Waals surface area contributed by atoms with Gasteiger partial charge in [-0.1, -0.05) is 0 Å². The molecule has 0 atom stereocenters. The number of hydrogen-bond acceptors (Lipinski definition) is 3. The zero-order valence-electron chi connectivity index (χ0n) is 8.91. The molecule has 0 spiro atoms. The summed E-state index contributed by atoms with van der Waals surface area (Å²) in [5, 5.41) is 8.57. The molecule has 0 saturated heterocycles. The van der Waals surface area contributed by atoms with E-state index in [1.54, 1.807) is 0 Å². The summed E-state index contributed by atoms with van der Waals surface area (Å²) in [7, 11) is 0. The lowest BCUT2D eigenvalue weighted by molar-refractivity contribution is -0.120. The van der Waals surface area contributed by atoms with Gasteiger partial charge < -0.3 is 4.90 Å². The van der Waals surface area contributed by atoms with Gasteiger partial charge in [0.25, 0.3) is 0 Å². The van der Waals surface area contributed by atoms with Crippen molar-refractivity contribution < 1.29 is 13.2 Å². The zero-order valence-corrected chi connectivity index (χ0v) is 8.91. The Morgan fingerprint density at radius 3 is 2.53 bits per heavy atom. The molecule has 0 N–H and O–H groups in total. The van der Waals surface area contributed by atoms with Gasteiger partial charge in [-0.3, -0.25) is 0 Å². The second kappa shape index (κ2) is 4.24. The van der Waals surface area contributed by atoms with Crippen molar-refractivity contribution in [2.24, 2.45) is 0 Å². The number of aromatic nitrogens is 1.